The van der Waals surface area contributed by atoms with Gasteiger partial charge in [0.15, 0.2) is 0 Å². The lowest BCUT2D eigenvalue weighted by molar-refractivity contribution is -0.144. The summed E-state index contributed by atoms with van der Waals surface area (Å²) in [6.07, 6.45) is 0.636. The van der Waals surface area contributed by atoms with Crippen LogP contribution in [-0.4, -0.2) is 37.9 Å². The van der Waals surface area contributed by atoms with Crippen LogP contribution in [0.5, 0.6) is 0 Å². The normalized spacial score (nSPS) is 12.3. The van der Waals surface area contributed by atoms with Crippen LogP contribution >= 0.6 is 9.39 Å². The molecule has 0 aliphatic carbocycles. The maximum atomic E-state index is 11.6. The molecule has 0 amide bonds. The van der Waals surface area contributed by atoms with Crippen molar-refractivity contribution in [3.8, 4) is 0 Å². The largest absolute Gasteiger partial charge is 0.468 e. The van der Waals surface area contributed by atoms with E-state index in [0.717, 1.165) is 11.3 Å². The van der Waals surface area contributed by atoms with Gasteiger partial charge in [-0.15, -0.1) is 0 Å². The number of esters is 1. The van der Waals surface area contributed by atoms with Crippen LogP contribution < -0.4 is 5.32 Å². The molecular formula is C12H19N2O2P. The first-order valence-electron chi connectivity index (χ1n) is 5.40. The van der Waals surface area contributed by atoms with E-state index >= 15 is 0 Å². The number of benzene rings is 1. The molecule has 0 saturated carbocycles. The fraction of sp³-hybridized carbons (Fsp3) is 0.417. The number of carbonyl (C=O) groups excluding carboxylic acids is 1. The van der Waals surface area contributed by atoms with Gasteiger partial charge in [0.1, 0.15) is 6.04 Å². The molecule has 0 aliphatic heterocycles. The van der Waals surface area contributed by atoms with Gasteiger partial charge in [0.05, 0.1) is 7.11 Å². The molecule has 94 valence electrons. The Bertz CT molecular complexity index is 365. The van der Waals surface area contributed by atoms with Crippen molar-refractivity contribution >= 4 is 21.0 Å². The van der Waals surface area contributed by atoms with Gasteiger partial charge in [-0.3, -0.25) is 9.46 Å². The minimum Gasteiger partial charge on any atom is -0.468 e. The molecule has 1 aromatic rings. The molecule has 1 N–H and O–H groups in total. The molecule has 1 unspecified atom stereocenters. The summed E-state index contributed by atoms with van der Waals surface area (Å²) in [7, 11) is 7.63. The van der Waals surface area contributed by atoms with Gasteiger partial charge in [0.25, 0.3) is 0 Å². The first-order valence-corrected chi connectivity index (χ1v) is 5.92. The summed E-state index contributed by atoms with van der Waals surface area (Å²) in [5, 5.41) is 3.06. The van der Waals surface area contributed by atoms with Gasteiger partial charge in [0, 0.05) is 12.7 Å². The summed E-state index contributed by atoms with van der Waals surface area (Å²) >= 11 is 0. The molecule has 0 heterocycles. The molecule has 1 aromatic carbocycles. The lowest BCUT2D eigenvalue weighted by Gasteiger charge is -2.21. The fourth-order valence-electron chi connectivity index (χ4n) is 1.56. The highest BCUT2D eigenvalue weighted by atomic mass is 31.0. The number of rotatable bonds is 5. The van der Waals surface area contributed by atoms with Crippen LogP contribution in [0.25, 0.3) is 0 Å². The summed E-state index contributed by atoms with van der Waals surface area (Å²) in [6, 6.07) is 7.73. The average Bonchev–Trinajstić information content (AvgIpc) is 2.35. The molecule has 4 nitrogen and oxygen atoms in total. The highest BCUT2D eigenvalue weighted by Crippen LogP contribution is 2.15. The lowest BCUT2D eigenvalue weighted by atomic mass is 10.1. The predicted octanol–water partition coefficient (Wildman–Crippen LogP) is 1.53. The van der Waals surface area contributed by atoms with Crippen molar-refractivity contribution in [1.82, 2.24) is 4.67 Å². The average molecular weight is 254 g/mol. The van der Waals surface area contributed by atoms with Crippen LogP contribution in [0, 0.1) is 0 Å². The number of nitrogens with one attached hydrogen (secondary N) is 1. The number of anilines is 1. The number of ether oxygens (including phenoxy) is 1. The molecular weight excluding hydrogens is 235 g/mol. The third-order valence-electron chi connectivity index (χ3n) is 2.64. The van der Waals surface area contributed by atoms with Crippen molar-refractivity contribution in [2.24, 2.45) is 0 Å². The van der Waals surface area contributed by atoms with Gasteiger partial charge in [-0.2, -0.15) is 0 Å². The maximum Gasteiger partial charge on any atom is 0.323 e. The van der Waals surface area contributed by atoms with Crippen molar-refractivity contribution in [2.75, 3.05) is 26.5 Å². The number of hydrogen-bond donors (Lipinski definition) is 1. The van der Waals surface area contributed by atoms with E-state index in [-0.39, 0.29) is 12.0 Å². The second-order valence-corrected chi connectivity index (χ2v) is 4.67. The Hall–Kier alpha value is -1.12. The quantitative estimate of drug-likeness (QED) is 0.639. The standard InChI is InChI=1S/C12H19N2O2P/c1-13-10-6-4-9(5-7-10)8-11(14(2)17)12(15)16-3/h4-7,11,13H,8,17H2,1-3H3/t11-/m0/s1. The van der Waals surface area contributed by atoms with Crippen LogP contribution in [0.15, 0.2) is 24.3 Å². The van der Waals surface area contributed by atoms with Crippen LogP contribution in [0.1, 0.15) is 5.56 Å². The summed E-state index contributed by atoms with van der Waals surface area (Å²) in [4.78, 5) is 11.6. The van der Waals surface area contributed by atoms with E-state index in [1.807, 2.05) is 38.4 Å². The minimum atomic E-state index is -0.273. The van der Waals surface area contributed by atoms with Gasteiger partial charge in [0.2, 0.25) is 0 Å². The van der Waals surface area contributed by atoms with Crippen molar-refractivity contribution in [2.45, 2.75) is 12.5 Å². The highest BCUT2D eigenvalue weighted by Gasteiger charge is 2.21. The summed E-state index contributed by atoms with van der Waals surface area (Å²) < 4.78 is 6.57. The zero-order valence-corrected chi connectivity index (χ0v) is 11.6. The second kappa shape index (κ2) is 6.58. The molecule has 0 fully saturated rings. The second-order valence-electron chi connectivity index (χ2n) is 3.86. The number of hydrogen-bond acceptors (Lipinski definition) is 4. The number of likely N-dealkylation sites (N-methyl/N-ethyl adjacent to an activating group) is 1. The molecule has 5 heteroatoms. The van der Waals surface area contributed by atoms with E-state index in [0.29, 0.717) is 6.42 Å². The Kier molecular flexibility index (Phi) is 5.39. The molecule has 0 spiro atoms. The molecule has 0 aromatic heterocycles. The zero-order valence-electron chi connectivity index (χ0n) is 10.4. The summed E-state index contributed by atoms with van der Waals surface area (Å²) in [5.74, 6) is -0.222. The van der Waals surface area contributed by atoms with Crippen molar-refractivity contribution in [3.63, 3.8) is 0 Å². The van der Waals surface area contributed by atoms with Crippen molar-refractivity contribution < 1.29 is 9.53 Å². The van der Waals surface area contributed by atoms with Crippen molar-refractivity contribution in [1.29, 1.82) is 0 Å². The Morgan fingerprint density at radius 3 is 2.47 bits per heavy atom. The Balaban J connectivity index is 2.75. The Morgan fingerprint density at radius 1 is 1.47 bits per heavy atom. The molecule has 0 radical (unpaired) electrons. The Morgan fingerprint density at radius 2 is 2.06 bits per heavy atom. The predicted molar refractivity (Wildman–Crippen MR) is 73.0 cm³/mol. The number of nitrogens with zero attached hydrogens (tertiary/aromatic N) is 1. The zero-order chi connectivity index (χ0) is 12.8. The van der Waals surface area contributed by atoms with Crippen molar-refractivity contribution in [3.05, 3.63) is 29.8 Å². The van der Waals surface area contributed by atoms with Crippen LogP contribution in [0.2, 0.25) is 0 Å². The fourth-order valence-corrected chi connectivity index (χ4v) is 1.79. The topological polar surface area (TPSA) is 41.6 Å². The first-order chi connectivity index (χ1) is 8.08. The SMILES string of the molecule is CNc1ccc(C[C@@H](C(=O)OC)N(C)P)cc1. The molecule has 0 saturated heterocycles. The van der Waals surface area contributed by atoms with E-state index in [2.05, 4.69) is 14.7 Å². The van der Waals surface area contributed by atoms with Gasteiger partial charge >= 0.3 is 5.97 Å². The van der Waals surface area contributed by atoms with Crippen LogP contribution in [0.4, 0.5) is 5.69 Å². The summed E-state index contributed by atoms with van der Waals surface area (Å²) in [6.45, 7) is 0. The van der Waals surface area contributed by atoms with Gasteiger partial charge < -0.3 is 10.1 Å². The smallest absolute Gasteiger partial charge is 0.323 e. The van der Waals surface area contributed by atoms with E-state index in [4.69, 9.17) is 4.74 Å². The highest BCUT2D eigenvalue weighted by molar-refractivity contribution is 7.13. The minimum absolute atomic E-state index is 0.222. The third-order valence-corrected chi connectivity index (χ3v) is 3.00. The van der Waals surface area contributed by atoms with Crippen LogP contribution in [-0.2, 0) is 16.0 Å². The summed E-state index contributed by atoms with van der Waals surface area (Å²) in [5.41, 5.74) is 2.16. The van der Waals surface area contributed by atoms with E-state index in [1.54, 1.807) is 4.67 Å². The lowest BCUT2D eigenvalue weighted by Crippen LogP contribution is -2.35. The molecule has 2 atom stereocenters. The van der Waals surface area contributed by atoms with Crippen LogP contribution in [0.3, 0.4) is 0 Å². The van der Waals surface area contributed by atoms with E-state index < -0.39 is 0 Å². The van der Waals surface area contributed by atoms with Gasteiger partial charge in [-0.05, 0) is 31.2 Å². The van der Waals surface area contributed by atoms with Gasteiger partial charge in [-0.25, -0.2) is 0 Å². The maximum absolute atomic E-state index is 11.6. The van der Waals surface area contributed by atoms with E-state index in [1.165, 1.54) is 7.11 Å². The first kappa shape index (κ1) is 13.9. The third kappa shape index (κ3) is 3.99. The molecule has 0 bridgehead atoms. The molecule has 0 aliphatic rings. The van der Waals surface area contributed by atoms with E-state index in [9.17, 15) is 4.79 Å². The van der Waals surface area contributed by atoms with Gasteiger partial charge in [-0.1, -0.05) is 21.5 Å². The molecule has 1 rings (SSSR count). The molecule has 17 heavy (non-hydrogen) atoms. The Labute approximate surface area is 105 Å². The number of carbonyl (C=O) groups is 1. The number of methoxy groups -OCH3 is 1. The monoisotopic (exact) mass is 254 g/mol.